The van der Waals surface area contributed by atoms with Gasteiger partial charge in [-0.15, -0.1) is 0 Å². The molecule has 27 heavy (non-hydrogen) atoms. The Balaban J connectivity index is 1.80. The summed E-state index contributed by atoms with van der Waals surface area (Å²) < 4.78 is 31.7. The second kappa shape index (κ2) is 10.4. The zero-order chi connectivity index (χ0) is 19.7. The zero-order valence-electron chi connectivity index (χ0n) is 15.7. The summed E-state index contributed by atoms with van der Waals surface area (Å²) in [6, 6.07) is 5.06. The fourth-order valence-corrected chi connectivity index (χ4v) is 4.08. The van der Waals surface area contributed by atoms with Gasteiger partial charge in [-0.05, 0) is 30.7 Å². The lowest BCUT2D eigenvalue weighted by molar-refractivity contribution is -0.139. The number of amides is 1. The molecule has 7 nitrogen and oxygen atoms in total. The summed E-state index contributed by atoms with van der Waals surface area (Å²) in [4.78, 5) is 23.4. The largest absolute Gasteiger partial charge is 0.464 e. The van der Waals surface area contributed by atoms with E-state index in [-0.39, 0.29) is 17.4 Å². The molecule has 1 amide bonds. The second-order valence-electron chi connectivity index (χ2n) is 6.72. The van der Waals surface area contributed by atoms with Crippen LogP contribution in [0.15, 0.2) is 29.2 Å². The molecule has 1 aromatic carbocycles. The highest BCUT2D eigenvalue weighted by Crippen LogP contribution is 2.17. The van der Waals surface area contributed by atoms with E-state index in [1.54, 1.807) is 12.1 Å². The third-order valence-electron chi connectivity index (χ3n) is 4.44. The normalized spacial score (nSPS) is 16.9. The summed E-state index contributed by atoms with van der Waals surface area (Å²) in [5, 5.41) is 2.77. The Bertz CT molecular complexity index is 731. The molecule has 150 valence electrons. The summed E-state index contributed by atoms with van der Waals surface area (Å²) >= 11 is 0. The van der Waals surface area contributed by atoms with Crippen molar-refractivity contribution in [2.75, 3.05) is 11.9 Å². The smallest absolute Gasteiger partial charge is 0.324 e. The fraction of sp³-hybridized carbons (Fsp3) is 0.579. The van der Waals surface area contributed by atoms with Gasteiger partial charge in [-0.1, -0.05) is 39.0 Å². The van der Waals surface area contributed by atoms with Gasteiger partial charge in [-0.25, -0.2) is 8.42 Å². The van der Waals surface area contributed by atoms with Crippen molar-refractivity contribution in [2.45, 2.75) is 69.2 Å². The van der Waals surface area contributed by atoms with Gasteiger partial charge in [-0.2, -0.15) is 4.72 Å². The number of benzene rings is 1. The Kier molecular flexibility index (Phi) is 8.24. The summed E-state index contributed by atoms with van der Waals surface area (Å²) in [6.07, 6.45) is 7.46. The minimum atomic E-state index is -3.81. The van der Waals surface area contributed by atoms with Crippen LogP contribution in [0.3, 0.4) is 0 Å². The number of ether oxygens (including phenoxy) is 1. The Morgan fingerprint density at radius 3 is 2.41 bits per heavy atom. The number of sulfonamides is 1. The van der Waals surface area contributed by atoms with Gasteiger partial charge in [-0.3, -0.25) is 9.59 Å². The number of carbonyl (C=O) groups is 2. The van der Waals surface area contributed by atoms with Gasteiger partial charge >= 0.3 is 5.97 Å². The topological polar surface area (TPSA) is 102 Å². The van der Waals surface area contributed by atoms with Crippen LogP contribution in [0.4, 0.5) is 5.69 Å². The number of unbranched alkanes of at least 4 members (excludes halogenated alkanes) is 5. The van der Waals surface area contributed by atoms with Crippen molar-refractivity contribution in [3.05, 3.63) is 24.3 Å². The van der Waals surface area contributed by atoms with Crippen LogP contribution < -0.4 is 10.0 Å². The van der Waals surface area contributed by atoms with E-state index in [9.17, 15) is 18.0 Å². The molecule has 1 atom stereocenters. The van der Waals surface area contributed by atoms with Gasteiger partial charge in [0.05, 0.1) is 11.5 Å². The van der Waals surface area contributed by atoms with E-state index in [4.69, 9.17) is 4.74 Å². The molecular formula is C19H28N2O5S. The van der Waals surface area contributed by atoms with Gasteiger partial charge in [0.25, 0.3) is 0 Å². The lowest BCUT2D eigenvalue weighted by atomic mass is 10.1. The number of carbonyl (C=O) groups excluding carboxylic acids is 2. The molecule has 8 heteroatoms. The first-order valence-electron chi connectivity index (χ1n) is 9.51. The average molecular weight is 397 g/mol. The minimum Gasteiger partial charge on any atom is -0.464 e. The number of esters is 1. The monoisotopic (exact) mass is 396 g/mol. The van der Waals surface area contributed by atoms with Crippen LogP contribution in [0.2, 0.25) is 0 Å². The van der Waals surface area contributed by atoms with Crippen molar-refractivity contribution >= 4 is 27.6 Å². The Morgan fingerprint density at radius 1 is 1.11 bits per heavy atom. The predicted octanol–water partition coefficient (Wildman–Crippen LogP) is 2.97. The lowest BCUT2D eigenvalue weighted by Crippen LogP contribution is -2.37. The SMILES string of the molecule is CCCCCCCCC(=O)Nc1ccc(S(=O)(=O)N[C@H]2CCOC2=O)cc1. The maximum Gasteiger partial charge on any atom is 0.324 e. The highest BCUT2D eigenvalue weighted by molar-refractivity contribution is 7.89. The molecule has 0 unspecified atom stereocenters. The first kappa shape index (κ1) is 21.4. The molecule has 1 heterocycles. The van der Waals surface area contributed by atoms with E-state index >= 15 is 0 Å². The van der Waals surface area contributed by atoms with Crippen LogP contribution in [0, 0.1) is 0 Å². The Morgan fingerprint density at radius 2 is 1.78 bits per heavy atom. The van der Waals surface area contributed by atoms with Crippen LogP contribution in [0.5, 0.6) is 0 Å². The maximum atomic E-state index is 12.3. The number of hydrogen-bond acceptors (Lipinski definition) is 5. The third-order valence-corrected chi connectivity index (χ3v) is 5.93. The molecule has 0 saturated carbocycles. The van der Waals surface area contributed by atoms with Crippen molar-refractivity contribution in [1.82, 2.24) is 4.72 Å². The lowest BCUT2D eigenvalue weighted by Gasteiger charge is -2.11. The summed E-state index contributed by atoms with van der Waals surface area (Å²) in [6.45, 7) is 2.39. The molecule has 1 aliphatic rings. The van der Waals surface area contributed by atoms with Crippen LogP contribution in [0.25, 0.3) is 0 Å². The molecule has 0 spiro atoms. The highest BCUT2D eigenvalue weighted by atomic mass is 32.2. The Labute approximate surface area is 160 Å². The number of anilines is 1. The first-order chi connectivity index (χ1) is 12.9. The number of hydrogen-bond donors (Lipinski definition) is 2. The van der Waals surface area contributed by atoms with Gasteiger partial charge in [0.1, 0.15) is 6.04 Å². The predicted molar refractivity (Wildman–Crippen MR) is 103 cm³/mol. The van der Waals surface area contributed by atoms with E-state index in [1.807, 2.05) is 0 Å². The molecule has 2 rings (SSSR count). The van der Waals surface area contributed by atoms with Crippen molar-refractivity contribution in [3.63, 3.8) is 0 Å². The van der Waals surface area contributed by atoms with E-state index in [1.165, 1.54) is 31.4 Å². The van der Waals surface area contributed by atoms with Gasteiger partial charge in [0, 0.05) is 18.5 Å². The molecule has 1 aliphatic heterocycles. The van der Waals surface area contributed by atoms with Crippen molar-refractivity contribution in [2.24, 2.45) is 0 Å². The van der Waals surface area contributed by atoms with Crippen molar-refractivity contribution in [1.29, 1.82) is 0 Å². The molecule has 2 N–H and O–H groups in total. The van der Waals surface area contributed by atoms with Crippen LogP contribution in [-0.2, 0) is 24.3 Å². The highest BCUT2D eigenvalue weighted by Gasteiger charge is 2.31. The Hall–Kier alpha value is -1.93. The summed E-state index contributed by atoms with van der Waals surface area (Å²) in [5.74, 6) is -0.634. The first-order valence-corrected chi connectivity index (χ1v) is 11.0. The average Bonchev–Trinajstić information content (AvgIpc) is 3.02. The molecule has 1 fully saturated rings. The standard InChI is InChI=1S/C19H28N2O5S/c1-2-3-4-5-6-7-8-18(22)20-15-9-11-16(12-10-15)27(24,25)21-17-13-14-26-19(17)23/h9-12,17,21H,2-8,13-14H2,1H3,(H,20,22)/t17-/m0/s1. The molecule has 1 aromatic rings. The van der Waals surface area contributed by atoms with Gasteiger partial charge in [0.15, 0.2) is 0 Å². The van der Waals surface area contributed by atoms with Gasteiger partial charge in [0.2, 0.25) is 15.9 Å². The zero-order valence-corrected chi connectivity index (χ0v) is 16.5. The molecule has 0 bridgehead atoms. The van der Waals surface area contributed by atoms with Crippen LogP contribution >= 0.6 is 0 Å². The van der Waals surface area contributed by atoms with Crippen LogP contribution in [0.1, 0.15) is 58.3 Å². The van der Waals surface area contributed by atoms with Crippen LogP contribution in [-0.4, -0.2) is 32.9 Å². The van der Waals surface area contributed by atoms with Gasteiger partial charge < -0.3 is 10.1 Å². The van der Waals surface area contributed by atoms with Crippen molar-refractivity contribution in [3.8, 4) is 0 Å². The maximum absolute atomic E-state index is 12.3. The number of cyclic esters (lactones) is 1. The van der Waals surface area contributed by atoms with E-state index in [0.29, 0.717) is 18.5 Å². The molecule has 0 radical (unpaired) electrons. The molecular weight excluding hydrogens is 368 g/mol. The number of nitrogens with one attached hydrogen (secondary N) is 2. The molecule has 1 saturated heterocycles. The van der Waals surface area contributed by atoms with E-state index < -0.39 is 22.0 Å². The van der Waals surface area contributed by atoms with E-state index in [2.05, 4.69) is 17.0 Å². The third kappa shape index (κ3) is 6.95. The quantitative estimate of drug-likeness (QED) is 0.442. The fourth-order valence-electron chi connectivity index (χ4n) is 2.86. The second-order valence-corrected chi connectivity index (χ2v) is 8.43. The summed E-state index contributed by atoms with van der Waals surface area (Å²) in [7, 11) is -3.81. The molecule has 0 aliphatic carbocycles. The molecule has 0 aromatic heterocycles. The number of rotatable bonds is 11. The van der Waals surface area contributed by atoms with Crippen molar-refractivity contribution < 1.29 is 22.7 Å². The summed E-state index contributed by atoms with van der Waals surface area (Å²) in [5.41, 5.74) is 0.546. The minimum absolute atomic E-state index is 0.0381. The van der Waals surface area contributed by atoms with E-state index in [0.717, 1.165) is 19.3 Å².